The van der Waals surface area contributed by atoms with Crippen LogP contribution in [0, 0.1) is 19.3 Å². The highest BCUT2D eigenvalue weighted by Crippen LogP contribution is 2.32. The summed E-state index contributed by atoms with van der Waals surface area (Å²) in [5.41, 5.74) is 1.56. The number of ether oxygens (including phenoxy) is 1. The number of aliphatic hydroxyl groups is 1. The molecule has 3 heterocycles. The first kappa shape index (κ1) is 13.6. The first-order chi connectivity index (χ1) is 9.56. The van der Waals surface area contributed by atoms with Crippen molar-refractivity contribution in [3.05, 3.63) is 21.3 Å². The monoisotopic (exact) mass is 293 g/mol. The summed E-state index contributed by atoms with van der Waals surface area (Å²) >= 11 is 1.54. The predicted octanol–water partition coefficient (Wildman–Crippen LogP) is 2.50. The van der Waals surface area contributed by atoms with E-state index in [4.69, 9.17) is 10.1 Å². The van der Waals surface area contributed by atoms with Crippen LogP contribution < -0.4 is 0 Å². The minimum absolute atomic E-state index is 0.183. The Morgan fingerprint density at radius 2 is 2.30 bits per heavy atom. The average molecular weight is 293 g/mol. The summed E-state index contributed by atoms with van der Waals surface area (Å²) in [6.07, 6.45) is 2.31. The van der Waals surface area contributed by atoms with Crippen LogP contribution in [0.2, 0.25) is 0 Å². The number of aliphatic hydroxyl groups excluding tert-OH is 1. The van der Waals surface area contributed by atoms with Gasteiger partial charge in [0.25, 0.3) is 0 Å². The number of aryl methyl sites for hydroxylation is 2. The van der Waals surface area contributed by atoms with Crippen LogP contribution in [0.1, 0.15) is 28.4 Å². The topological polar surface area (TPSA) is 69.4 Å². The smallest absolute Gasteiger partial charge is 0.135 e. The van der Waals surface area contributed by atoms with Crippen molar-refractivity contribution in [3.8, 4) is 0 Å². The third-order valence-electron chi connectivity index (χ3n) is 3.87. The minimum Gasteiger partial charge on any atom is -0.510 e. The molecule has 1 atom stereocenters. The molecule has 0 aromatic carbocycles. The molecule has 0 saturated carbocycles. The van der Waals surface area contributed by atoms with Crippen molar-refractivity contribution in [2.24, 2.45) is 0 Å². The van der Waals surface area contributed by atoms with Crippen LogP contribution in [0.3, 0.4) is 0 Å². The summed E-state index contributed by atoms with van der Waals surface area (Å²) in [6.45, 7) is 5.84. The van der Waals surface area contributed by atoms with Gasteiger partial charge in [-0.15, -0.1) is 11.3 Å². The quantitative estimate of drug-likeness (QED) is 0.898. The standard InChI is InChI=1S/C14H19N3O2S/c1-8-9(2)20-14(16-8)12-11(18)7-17(13(12)15)6-10-4-3-5-19-10/h10,15,18H,3-7H2,1-2H3. The van der Waals surface area contributed by atoms with E-state index in [1.807, 2.05) is 18.7 Å². The van der Waals surface area contributed by atoms with Crippen LogP contribution in [0.4, 0.5) is 0 Å². The fourth-order valence-electron chi connectivity index (χ4n) is 2.63. The van der Waals surface area contributed by atoms with Gasteiger partial charge in [0.05, 0.1) is 23.9 Å². The predicted molar refractivity (Wildman–Crippen MR) is 79.4 cm³/mol. The van der Waals surface area contributed by atoms with Gasteiger partial charge in [0.15, 0.2) is 0 Å². The van der Waals surface area contributed by atoms with Crippen LogP contribution in [-0.4, -0.2) is 46.6 Å². The molecule has 0 amide bonds. The molecule has 6 heteroatoms. The lowest BCUT2D eigenvalue weighted by Gasteiger charge is -2.21. The first-order valence-electron chi connectivity index (χ1n) is 6.88. The van der Waals surface area contributed by atoms with Gasteiger partial charge in [-0.1, -0.05) is 0 Å². The fraction of sp³-hybridized carbons (Fsp3) is 0.571. The summed E-state index contributed by atoms with van der Waals surface area (Å²) < 4.78 is 5.61. The van der Waals surface area contributed by atoms with Gasteiger partial charge < -0.3 is 14.7 Å². The molecule has 3 rings (SSSR count). The van der Waals surface area contributed by atoms with Crippen molar-refractivity contribution in [3.63, 3.8) is 0 Å². The summed E-state index contributed by atoms with van der Waals surface area (Å²) in [5.74, 6) is 0.619. The highest BCUT2D eigenvalue weighted by molar-refractivity contribution is 7.13. The fourth-order valence-corrected chi connectivity index (χ4v) is 3.61. The molecule has 1 fully saturated rings. The Morgan fingerprint density at radius 3 is 2.90 bits per heavy atom. The van der Waals surface area contributed by atoms with E-state index >= 15 is 0 Å². The van der Waals surface area contributed by atoms with Crippen molar-refractivity contribution in [2.75, 3.05) is 19.7 Å². The molecule has 1 unspecified atom stereocenters. The van der Waals surface area contributed by atoms with Crippen LogP contribution in [-0.2, 0) is 4.74 Å². The molecule has 2 aliphatic heterocycles. The van der Waals surface area contributed by atoms with Gasteiger partial charge in [-0.25, -0.2) is 4.98 Å². The lowest BCUT2D eigenvalue weighted by molar-refractivity contribution is 0.0924. The van der Waals surface area contributed by atoms with E-state index in [1.165, 1.54) is 11.3 Å². The molecule has 5 nitrogen and oxygen atoms in total. The zero-order valence-electron chi connectivity index (χ0n) is 11.8. The number of hydrogen-bond donors (Lipinski definition) is 2. The number of rotatable bonds is 3. The van der Waals surface area contributed by atoms with Gasteiger partial charge in [0.2, 0.25) is 0 Å². The van der Waals surface area contributed by atoms with Gasteiger partial charge in [-0.05, 0) is 26.7 Å². The number of amidine groups is 1. The second kappa shape index (κ2) is 5.18. The third kappa shape index (κ3) is 2.33. The van der Waals surface area contributed by atoms with Gasteiger partial charge in [0, 0.05) is 18.0 Å². The van der Waals surface area contributed by atoms with Crippen molar-refractivity contribution in [1.29, 1.82) is 5.41 Å². The molecular formula is C14H19N3O2S. The normalized spacial score (nSPS) is 23.2. The lowest BCUT2D eigenvalue weighted by Crippen LogP contribution is -2.34. The maximum Gasteiger partial charge on any atom is 0.135 e. The highest BCUT2D eigenvalue weighted by Gasteiger charge is 2.32. The molecule has 0 radical (unpaired) electrons. The molecule has 1 aromatic heterocycles. The Bertz CT molecular complexity index is 553. The molecule has 0 bridgehead atoms. The number of nitrogens with one attached hydrogen (secondary N) is 1. The van der Waals surface area contributed by atoms with Crippen LogP contribution in [0.25, 0.3) is 5.57 Å². The molecule has 1 saturated heterocycles. The Labute approximate surface area is 122 Å². The zero-order chi connectivity index (χ0) is 14.3. The second-order valence-electron chi connectivity index (χ2n) is 5.35. The third-order valence-corrected chi connectivity index (χ3v) is 4.96. The Balaban J connectivity index is 1.78. The summed E-state index contributed by atoms with van der Waals surface area (Å²) in [6, 6.07) is 0. The SMILES string of the molecule is Cc1nc(C2=C(O)CN(CC3CCCO3)C2=N)sc1C. The number of hydrogen-bond acceptors (Lipinski definition) is 5. The lowest BCUT2D eigenvalue weighted by atomic mass is 10.2. The van der Waals surface area contributed by atoms with E-state index in [1.54, 1.807) is 0 Å². The van der Waals surface area contributed by atoms with Gasteiger partial charge >= 0.3 is 0 Å². The molecule has 2 aliphatic rings. The summed E-state index contributed by atoms with van der Waals surface area (Å²) in [7, 11) is 0. The molecule has 0 spiro atoms. The number of aromatic nitrogens is 1. The Morgan fingerprint density at radius 1 is 1.50 bits per heavy atom. The number of thiazole rings is 1. The highest BCUT2D eigenvalue weighted by atomic mass is 32.1. The van der Waals surface area contributed by atoms with E-state index < -0.39 is 0 Å². The molecule has 108 valence electrons. The van der Waals surface area contributed by atoms with E-state index in [2.05, 4.69) is 4.98 Å². The average Bonchev–Trinajstić information content (AvgIpc) is 3.06. The van der Waals surface area contributed by atoms with Crippen LogP contribution in [0.15, 0.2) is 5.76 Å². The van der Waals surface area contributed by atoms with Crippen molar-refractivity contribution < 1.29 is 9.84 Å². The number of nitrogens with zero attached hydrogens (tertiary/aromatic N) is 2. The first-order valence-corrected chi connectivity index (χ1v) is 7.70. The van der Waals surface area contributed by atoms with Crippen LogP contribution in [0.5, 0.6) is 0 Å². The maximum atomic E-state index is 10.2. The van der Waals surface area contributed by atoms with Crippen molar-refractivity contribution >= 4 is 22.7 Å². The van der Waals surface area contributed by atoms with E-state index in [9.17, 15) is 5.11 Å². The Hall–Kier alpha value is -1.40. The van der Waals surface area contributed by atoms with E-state index in [0.29, 0.717) is 24.5 Å². The minimum atomic E-state index is 0.183. The van der Waals surface area contributed by atoms with Crippen molar-refractivity contribution in [1.82, 2.24) is 9.88 Å². The largest absolute Gasteiger partial charge is 0.510 e. The van der Waals surface area contributed by atoms with Crippen LogP contribution >= 0.6 is 11.3 Å². The molecule has 0 aliphatic carbocycles. The van der Waals surface area contributed by atoms with Crippen molar-refractivity contribution in [2.45, 2.75) is 32.8 Å². The second-order valence-corrected chi connectivity index (χ2v) is 6.55. The molecule has 2 N–H and O–H groups in total. The molecule has 20 heavy (non-hydrogen) atoms. The van der Waals surface area contributed by atoms with E-state index in [0.717, 1.165) is 35.0 Å². The zero-order valence-corrected chi connectivity index (χ0v) is 12.6. The van der Waals surface area contributed by atoms with E-state index in [-0.39, 0.29) is 11.9 Å². The van der Waals surface area contributed by atoms with Gasteiger partial charge in [-0.2, -0.15) is 0 Å². The summed E-state index contributed by atoms with van der Waals surface area (Å²) in [4.78, 5) is 7.47. The Kier molecular flexibility index (Phi) is 3.52. The van der Waals surface area contributed by atoms with Gasteiger partial charge in [-0.3, -0.25) is 5.41 Å². The molecular weight excluding hydrogens is 274 g/mol. The maximum absolute atomic E-state index is 10.2. The van der Waals surface area contributed by atoms with Gasteiger partial charge in [0.1, 0.15) is 16.6 Å². The molecule has 1 aromatic rings. The summed E-state index contributed by atoms with van der Waals surface area (Å²) in [5, 5.41) is 19.2.